The predicted octanol–water partition coefficient (Wildman–Crippen LogP) is 3.64. The van der Waals surface area contributed by atoms with Gasteiger partial charge in [0, 0.05) is 38.4 Å². The monoisotopic (exact) mass is 296 g/mol. The van der Waals surface area contributed by atoms with Crippen LogP contribution in [0.25, 0.3) is 0 Å². The number of fused-ring (bicyclic) bond motifs is 2. The number of piperazine rings is 1. The normalized spacial score (nSPS) is 31.2. The molecule has 22 heavy (non-hydrogen) atoms. The minimum absolute atomic E-state index is 0.890. The number of benzene rings is 1. The number of hydrogen-bond donors (Lipinski definition) is 0. The molecule has 2 heteroatoms. The largest absolute Gasteiger partial charge is 0.369 e. The van der Waals surface area contributed by atoms with Gasteiger partial charge in [0.25, 0.3) is 0 Å². The summed E-state index contributed by atoms with van der Waals surface area (Å²) in [6, 6.07) is 6.67. The van der Waals surface area contributed by atoms with Gasteiger partial charge >= 0.3 is 0 Å². The maximum Gasteiger partial charge on any atom is 0.0426 e. The number of hydrogen-bond acceptors (Lipinski definition) is 2. The Labute approximate surface area is 134 Å². The average Bonchev–Trinajstić information content (AvgIpc) is 3.11. The van der Waals surface area contributed by atoms with E-state index in [0.29, 0.717) is 0 Å². The van der Waals surface area contributed by atoms with Crippen LogP contribution < -0.4 is 4.90 Å². The van der Waals surface area contributed by atoms with Gasteiger partial charge in [-0.2, -0.15) is 0 Å². The standard InChI is InChI=1S/C20H28N2/c1-15-4-3-5-16(2)20(15)22-10-8-21(9-11-22)14-19-13-17-6-7-18(19)12-17/h3-7,17-19H,8-14H2,1-2H3. The Hall–Kier alpha value is -1.28. The Morgan fingerprint density at radius 2 is 1.68 bits per heavy atom. The summed E-state index contributed by atoms with van der Waals surface area (Å²) in [5, 5.41) is 0. The summed E-state index contributed by atoms with van der Waals surface area (Å²) in [6.45, 7) is 10.6. The van der Waals surface area contributed by atoms with Gasteiger partial charge in [-0.15, -0.1) is 0 Å². The van der Waals surface area contributed by atoms with Crippen LogP contribution in [0.1, 0.15) is 24.0 Å². The van der Waals surface area contributed by atoms with Gasteiger partial charge in [0.2, 0.25) is 0 Å². The second-order valence-electron chi connectivity index (χ2n) is 7.57. The van der Waals surface area contributed by atoms with E-state index in [0.717, 1.165) is 17.8 Å². The van der Waals surface area contributed by atoms with Gasteiger partial charge in [0.15, 0.2) is 0 Å². The molecule has 1 aromatic rings. The molecular weight excluding hydrogens is 268 g/mol. The third kappa shape index (κ3) is 2.58. The summed E-state index contributed by atoms with van der Waals surface area (Å²) in [5.41, 5.74) is 4.32. The summed E-state index contributed by atoms with van der Waals surface area (Å²) < 4.78 is 0. The molecule has 2 nitrogen and oxygen atoms in total. The van der Waals surface area contributed by atoms with E-state index in [2.05, 4.69) is 54.0 Å². The molecule has 3 unspecified atom stereocenters. The summed E-state index contributed by atoms with van der Waals surface area (Å²) >= 11 is 0. The number of nitrogens with zero attached hydrogens (tertiary/aromatic N) is 2. The van der Waals surface area contributed by atoms with Gasteiger partial charge in [-0.1, -0.05) is 30.4 Å². The third-order valence-electron chi connectivity index (χ3n) is 6.04. The topological polar surface area (TPSA) is 6.48 Å². The molecule has 0 N–H and O–H groups in total. The van der Waals surface area contributed by atoms with Crippen LogP contribution in [-0.4, -0.2) is 37.6 Å². The second kappa shape index (κ2) is 5.73. The molecule has 1 saturated heterocycles. The van der Waals surface area contributed by atoms with Crippen molar-refractivity contribution >= 4 is 5.69 Å². The van der Waals surface area contributed by atoms with Crippen LogP contribution in [0, 0.1) is 31.6 Å². The Morgan fingerprint density at radius 1 is 0.955 bits per heavy atom. The first-order valence-electron chi connectivity index (χ1n) is 8.92. The number of para-hydroxylation sites is 1. The van der Waals surface area contributed by atoms with Crippen LogP contribution in [0.2, 0.25) is 0 Å². The SMILES string of the molecule is Cc1cccc(C)c1N1CCN(CC2CC3C=CC2C3)CC1. The van der Waals surface area contributed by atoms with Crippen molar-refractivity contribution in [1.29, 1.82) is 0 Å². The van der Waals surface area contributed by atoms with E-state index in [9.17, 15) is 0 Å². The summed E-state index contributed by atoms with van der Waals surface area (Å²) in [4.78, 5) is 5.31. The van der Waals surface area contributed by atoms with Crippen molar-refractivity contribution in [2.24, 2.45) is 17.8 Å². The van der Waals surface area contributed by atoms with Crippen molar-refractivity contribution in [2.75, 3.05) is 37.6 Å². The number of rotatable bonds is 3. The summed E-state index contributed by atoms with van der Waals surface area (Å²) in [6.07, 6.45) is 7.83. The van der Waals surface area contributed by atoms with Crippen LogP contribution >= 0.6 is 0 Å². The highest BCUT2D eigenvalue weighted by Gasteiger charge is 2.36. The van der Waals surface area contributed by atoms with E-state index < -0.39 is 0 Å². The van der Waals surface area contributed by atoms with Crippen LogP contribution in [0.5, 0.6) is 0 Å². The molecule has 4 rings (SSSR count). The van der Waals surface area contributed by atoms with Gasteiger partial charge in [0.1, 0.15) is 0 Å². The lowest BCUT2D eigenvalue weighted by molar-refractivity contribution is 0.204. The molecule has 0 amide bonds. The van der Waals surface area contributed by atoms with Crippen LogP contribution in [0.3, 0.4) is 0 Å². The number of anilines is 1. The van der Waals surface area contributed by atoms with Crippen LogP contribution in [-0.2, 0) is 0 Å². The molecule has 1 heterocycles. The highest BCUT2D eigenvalue weighted by Crippen LogP contribution is 2.43. The Bertz CT molecular complexity index is 549. The highest BCUT2D eigenvalue weighted by molar-refractivity contribution is 5.59. The van der Waals surface area contributed by atoms with Crippen molar-refractivity contribution < 1.29 is 0 Å². The van der Waals surface area contributed by atoms with Gasteiger partial charge in [0.05, 0.1) is 0 Å². The Balaban J connectivity index is 1.36. The molecule has 2 bridgehead atoms. The molecule has 3 aliphatic rings. The van der Waals surface area contributed by atoms with E-state index in [1.54, 1.807) is 0 Å². The van der Waals surface area contributed by atoms with E-state index in [1.807, 2.05) is 0 Å². The molecule has 2 aliphatic carbocycles. The number of aryl methyl sites for hydroxylation is 2. The van der Waals surface area contributed by atoms with Crippen molar-refractivity contribution in [3.05, 3.63) is 41.5 Å². The first kappa shape index (κ1) is 14.3. The third-order valence-corrected chi connectivity index (χ3v) is 6.04. The number of allylic oxidation sites excluding steroid dienone is 2. The molecule has 0 radical (unpaired) electrons. The first-order valence-corrected chi connectivity index (χ1v) is 8.92. The smallest absolute Gasteiger partial charge is 0.0426 e. The van der Waals surface area contributed by atoms with Gasteiger partial charge < -0.3 is 4.90 Å². The van der Waals surface area contributed by atoms with Crippen molar-refractivity contribution in [1.82, 2.24) is 4.90 Å². The quantitative estimate of drug-likeness (QED) is 0.786. The fraction of sp³-hybridized carbons (Fsp3) is 0.600. The van der Waals surface area contributed by atoms with E-state index >= 15 is 0 Å². The Kier molecular flexibility index (Phi) is 3.73. The molecule has 1 saturated carbocycles. The lowest BCUT2D eigenvalue weighted by Gasteiger charge is -2.39. The molecule has 3 atom stereocenters. The minimum Gasteiger partial charge on any atom is -0.369 e. The van der Waals surface area contributed by atoms with Crippen LogP contribution in [0.15, 0.2) is 30.4 Å². The maximum atomic E-state index is 2.71. The van der Waals surface area contributed by atoms with E-state index in [4.69, 9.17) is 0 Å². The predicted molar refractivity (Wildman–Crippen MR) is 93.4 cm³/mol. The fourth-order valence-corrected chi connectivity index (χ4v) is 4.89. The zero-order chi connectivity index (χ0) is 15.1. The molecule has 1 aromatic carbocycles. The maximum absolute atomic E-state index is 2.71. The molecule has 0 spiro atoms. The van der Waals surface area contributed by atoms with E-state index in [-0.39, 0.29) is 0 Å². The first-order chi connectivity index (χ1) is 10.7. The molecule has 1 aliphatic heterocycles. The Morgan fingerprint density at radius 3 is 2.27 bits per heavy atom. The van der Waals surface area contributed by atoms with Crippen molar-refractivity contribution in [3.8, 4) is 0 Å². The van der Waals surface area contributed by atoms with Crippen LogP contribution in [0.4, 0.5) is 5.69 Å². The van der Waals surface area contributed by atoms with Crippen molar-refractivity contribution in [2.45, 2.75) is 26.7 Å². The van der Waals surface area contributed by atoms with Gasteiger partial charge in [-0.3, -0.25) is 4.90 Å². The fourth-order valence-electron chi connectivity index (χ4n) is 4.89. The van der Waals surface area contributed by atoms with Crippen molar-refractivity contribution in [3.63, 3.8) is 0 Å². The summed E-state index contributed by atoms with van der Waals surface area (Å²) in [5.74, 6) is 2.73. The molecule has 2 fully saturated rings. The molecular formula is C20H28N2. The van der Waals surface area contributed by atoms with Gasteiger partial charge in [-0.05, 0) is 55.6 Å². The summed E-state index contributed by atoms with van der Waals surface area (Å²) in [7, 11) is 0. The zero-order valence-corrected chi connectivity index (χ0v) is 14.0. The van der Waals surface area contributed by atoms with Gasteiger partial charge in [-0.25, -0.2) is 0 Å². The zero-order valence-electron chi connectivity index (χ0n) is 14.0. The molecule has 118 valence electrons. The molecule has 0 aromatic heterocycles. The highest BCUT2D eigenvalue weighted by atomic mass is 15.3. The van der Waals surface area contributed by atoms with E-state index in [1.165, 1.54) is 62.4 Å². The lowest BCUT2D eigenvalue weighted by atomic mass is 9.93. The lowest BCUT2D eigenvalue weighted by Crippen LogP contribution is -2.48. The minimum atomic E-state index is 0.890. The second-order valence-corrected chi connectivity index (χ2v) is 7.57. The average molecular weight is 296 g/mol.